The second-order valence-electron chi connectivity index (χ2n) is 24.6. The maximum Gasteiger partial charge on any atom is 0.472 e. The second-order valence-corrected chi connectivity index (χ2v) is 28.8. The number of hydrogen-bond donors (Lipinski definition) is 10. The number of H-pyrrole nitrogens is 4. The summed E-state index contributed by atoms with van der Waals surface area (Å²) in [6.07, 6.45) is -13.4. The molecule has 13 rings (SSSR count). The van der Waals surface area contributed by atoms with E-state index < -0.39 is 163 Å². The number of phosphoric acid groups is 3. The Labute approximate surface area is 584 Å². The van der Waals surface area contributed by atoms with Crippen molar-refractivity contribution in [1.29, 1.82) is 0 Å². The molecule has 0 bridgehead atoms. The first-order valence-corrected chi connectivity index (χ1v) is 36.6. The molecule has 0 aliphatic carbocycles. The van der Waals surface area contributed by atoms with Gasteiger partial charge in [-0.15, -0.1) is 0 Å². The first-order chi connectivity index (χ1) is 49.7. The number of aliphatic hydroxyl groups excluding tert-OH is 1. The number of nitrogens with one attached hydrogen (secondary N) is 4. The molecule has 0 radical (unpaired) electrons. The molecule has 43 heteroatoms. The zero-order valence-electron chi connectivity index (χ0n) is 54.9. The Kier molecular flexibility index (Phi) is 21.6. The number of aliphatic hydroxyl groups is 1. The molecule has 15 atom stereocenters. The van der Waals surface area contributed by atoms with Gasteiger partial charge in [0.25, 0.3) is 22.2 Å². The van der Waals surface area contributed by atoms with E-state index >= 15 is 0 Å². The largest absolute Gasteiger partial charge is 0.485 e. The lowest BCUT2D eigenvalue weighted by molar-refractivity contribution is -0.0715. The summed E-state index contributed by atoms with van der Waals surface area (Å²) in [4.78, 5) is 136. The van der Waals surface area contributed by atoms with Gasteiger partial charge in [0, 0.05) is 49.2 Å². The molecule has 104 heavy (non-hydrogen) atoms. The molecule has 4 saturated heterocycles. The molecule has 0 saturated carbocycles. The van der Waals surface area contributed by atoms with Gasteiger partial charge in [0.05, 0.1) is 51.8 Å². The van der Waals surface area contributed by atoms with Gasteiger partial charge in [-0.05, 0) is 42.7 Å². The summed E-state index contributed by atoms with van der Waals surface area (Å²) >= 11 is 0. The third kappa shape index (κ3) is 17.0. The molecule has 0 spiro atoms. The second kappa shape index (κ2) is 30.6. The fraction of sp³-hybridized carbons (Fsp3) is 0.410. The Bertz CT molecular complexity index is 5150. The summed E-state index contributed by atoms with van der Waals surface area (Å²) in [7, 11) is -16.1. The van der Waals surface area contributed by atoms with E-state index in [9.17, 15) is 62.2 Å². The molecule has 10 heterocycles. The van der Waals surface area contributed by atoms with Gasteiger partial charge in [0.15, 0.2) is 33.8 Å². The van der Waals surface area contributed by atoms with Crippen LogP contribution in [-0.2, 0) is 84.3 Å². The Morgan fingerprint density at radius 2 is 0.894 bits per heavy atom. The van der Waals surface area contributed by atoms with Crippen LogP contribution < -0.4 is 54.6 Å². The van der Waals surface area contributed by atoms with Crippen LogP contribution in [0.4, 0.5) is 11.9 Å². The highest BCUT2D eigenvalue weighted by molar-refractivity contribution is 7.48. The van der Waals surface area contributed by atoms with Gasteiger partial charge in [-0.25, -0.2) is 33.3 Å². The average molecular weight is 1510 g/mol. The highest BCUT2D eigenvalue weighted by Crippen LogP contribution is 2.54. The quantitative estimate of drug-likeness (QED) is 0.0301. The number of aromatic amines is 4. The minimum Gasteiger partial charge on any atom is -0.485 e. The molecule has 0 amide bonds. The van der Waals surface area contributed by atoms with Crippen LogP contribution in [0.3, 0.4) is 0 Å². The minimum absolute atomic E-state index is 0.0232. The fourth-order valence-electron chi connectivity index (χ4n) is 12.1. The number of fused-ring (bicyclic) bond motifs is 2. The van der Waals surface area contributed by atoms with Gasteiger partial charge < -0.3 is 64.4 Å². The van der Waals surface area contributed by atoms with Gasteiger partial charge in [-0.2, -0.15) is 9.97 Å². The maximum atomic E-state index is 14.3. The van der Waals surface area contributed by atoms with E-state index in [4.69, 9.17) is 71.8 Å². The Morgan fingerprint density at radius 3 is 1.36 bits per heavy atom. The van der Waals surface area contributed by atoms with Crippen molar-refractivity contribution in [2.24, 2.45) is 0 Å². The van der Waals surface area contributed by atoms with Crippen molar-refractivity contribution in [2.75, 3.05) is 37.9 Å². The third-order valence-corrected chi connectivity index (χ3v) is 20.3. The molecule has 3 unspecified atom stereocenters. The number of benzene rings is 3. The van der Waals surface area contributed by atoms with Crippen LogP contribution >= 0.6 is 23.5 Å². The lowest BCUT2D eigenvalue weighted by Crippen LogP contribution is -2.33. The van der Waals surface area contributed by atoms with E-state index in [0.717, 1.165) is 32.8 Å². The molecule has 4 aliphatic heterocycles. The number of nitrogens with zero attached hydrogens (tertiary/aromatic N) is 8. The molecule has 554 valence electrons. The standard InChI is InChI=1S/C61H69N14O26P3/c1-31-20-72(60(81)70-54(31)77)47-17-39(43(96-47)25-89-22-35-13-14-37(90-23-33-9-5-3-6-10-33)38(15-35)91-24-34-11-7-4-8-12-34)99-103(85,86)93-27-44-40(18-48(97-44)73-21-32(2)55(78)71-61(73)82)100-104(87,88)94-28-45-41(19-49(98-45)75-30-65-51-53(75)67-59(63)69-57(51)80)101-102(83,84)92-26-42-36(76)16-46(95-42)74-29-64-50-52(74)66-58(62)68-56(50)79/h3-15,20-21,29-30,36,39-49,76H,16-19,22-28H2,1-2H3,(H,83,84)(H,85,86)(H,87,88)(H,70,77,81)(H,71,78,82)(H3,62,66,68,79)(H3,63,67,69,80)/t36-,39-,40-,41-,42+,43+,44+,45+,46+,47+,48+,49+/m0/s1. The number of nitrogens with two attached hydrogens (primary N) is 2. The topological polar surface area (TPSA) is 541 Å². The fourth-order valence-corrected chi connectivity index (χ4v) is 15.0. The van der Waals surface area contributed by atoms with E-state index in [1.807, 2.05) is 60.7 Å². The number of hydrogen-bond acceptors (Lipinski definition) is 29. The summed E-state index contributed by atoms with van der Waals surface area (Å²) in [5.74, 6) is 0.303. The first-order valence-electron chi connectivity index (χ1n) is 32.1. The third-order valence-electron chi connectivity index (χ3n) is 17.2. The average Bonchev–Trinajstić information content (AvgIpc) is 1.63. The van der Waals surface area contributed by atoms with E-state index in [-0.39, 0.29) is 84.6 Å². The van der Waals surface area contributed by atoms with E-state index in [0.29, 0.717) is 17.1 Å². The molecule has 40 nitrogen and oxygen atoms in total. The monoisotopic (exact) mass is 1510 g/mol. The van der Waals surface area contributed by atoms with Crippen molar-refractivity contribution in [1.82, 2.24) is 58.1 Å². The van der Waals surface area contributed by atoms with E-state index in [1.54, 1.807) is 18.2 Å². The maximum absolute atomic E-state index is 14.3. The zero-order valence-corrected chi connectivity index (χ0v) is 57.5. The Balaban J connectivity index is 0.698. The van der Waals surface area contributed by atoms with Crippen molar-refractivity contribution in [3.8, 4) is 11.5 Å². The number of aromatic nitrogens is 12. The van der Waals surface area contributed by atoms with Crippen molar-refractivity contribution in [2.45, 2.75) is 133 Å². The number of phosphoric ester groups is 3. The summed E-state index contributed by atoms with van der Waals surface area (Å²) in [6.45, 7) is 0.101. The lowest BCUT2D eigenvalue weighted by atomic mass is 10.2. The van der Waals surface area contributed by atoms with Crippen LogP contribution in [0.15, 0.2) is 133 Å². The van der Waals surface area contributed by atoms with Crippen LogP contribution in [0.5, 0.6) is 11.5 Å². The van der Waals surface area contributed by atoms with E-state index in [2.05, 4.69) is 39.9 Å². The van der Waals surface area contributed by atoms with E-state index in [1.165, 1.54) is 35.5 Å². The highest BCUT2D eigenvalue weighted by atomic mass is 31.2. The van der Waals surface area contributed by atoms with Crippen LogP contribution in [0.2, 0.25) is 0 Å². The number of anilines is 2. The van der Waals surface area contributed by atoms with Crippen molar-refractivity contribution in [3.63, 3.8) is 0 Å². The first kappa shape index (κ1) is 73.3. The van der Waals surface area contributed by atoms with Crippen LogP contribution in [0.1, 0.15) is 78.4 Å². The normalized spacial score (nSPS) is 25.1. The van der Waals surface area contributed by atoms with Crippen LogP contribution in [0.25, 0.3) is 22.3 Å². The lowest BCUT2D eigenvalue weighted by Gasteiger charge is -2.25. The zero-order chi connectivity index (χ0) is 73.4. The highest BCUT2D eigenvalue weighted by Gasteiger charge is 2.49. The van der Waals surface area contributed by atoms with Gasteiger partial charge in [0.1, 0.15) is 80.9 Å². The molecule has 9 aromatic rings. The summed E-state index contributed by atoms with van der Waals surface area (Å²) < 4.78 is 124. The Hall–Kier alpha value is -8.99. The molecule has 4 aliphatic rings. The summed E-state index contributed by atoms with van der Waals surface area (Å²) in [5, 5.41) is 11.0. The molecule has 12 N–H and O–H groups in total. The SMILES string of the molecule is Cc1cn([C@H]2C[C@H](OP(=O)(O)OC[C@H]3O[C@@H](n4cc(C)c(=O)[nH]c4=O)C[C@@H]3OP(=O)(O)OC[C@H]3O[C@@H](n4cnc5c(=O)[nH]c(N)nc54)C[C@@H]3OP(=O)(O)OC[C@H]3O[C@@H](n4cnc5c(=O)[nH]c(N)nc54)C[C@@H]3O)[C@@H](COCc3ccc(OCc4ccccc4)c(OCc4ccccc4)c3)O2)c(=O)[nH]c1=O. The van der Waals surface area contributed by atoms with Gasteiger partial charge in [-0.3, -0.25) is 84.5 Å². The number of nitrogen functional groups attached to an aromatic ring is 2. The number of aryl methyl sites for hydroxylation is 2. The summed E-state index contributed by atoms with van der Waals surface area (Å²) in [6, 6.07) is 24.2. The predicted octanol–water partition coefficient (Wildman–Crippen LogP) is 2.53. The summed E-state index contributed by atoms with van der Waals surface area (Å²) in [5.41, 5.74) is 9.16. The number of imidazole rings is 2. The van der Waals surface area contributed by atoms with Crippen molar-refractivity contribution >= 4 is 57.7 Å². The molecule has 4 fully saturated rings. The predicted molar refractivity (Wildman–Crippen MR) is 357 cm³/mol. The van der Waals surface area contributed by atoms with Crippen molar-refractivity contribution < 1.29 is 93.8 Å². The van der Waals surface area contributed by atoms with Gasteiger partial charge in [0.2, 0.25) is 11.9 Å². The number of ether oxygens (including phenoxy) is 7. The van der Waals surface area contributed by atoms with Crippen LogP contribution in [-0.4, -0.2) is 153 Å². The molecule has 3 aromatic carbocycles. The minimum atomic E-state index is -5.49. The number of rotatable bonds is 29. The smallest absolute Gasteiger partial charge is 0.472 e. The van der Waals surface area contributed by atoms with Gasteiger partial charge in [-0.1, -0.05) is 66.7 Å². The van der Waals surface area contributed by atoms with Gasteiger partial charge >= 0.3 is 34.8 Å². The Morgan fingerprint density at radius 1 is 0.490 bits per heavy atom. The van der Waals surface area contributed by atoms with Crippen LogP contribution in [0, 0.1) is 13.8 Å². The van der Waals surface area contributed by atoms with Crippen molar-refractivity contribution in [3.05, 3.63) is 194 Å². The molecule has 6 aromatic heterocycles. The molecular formula is C61H69N14O26P3. The molecular weight excluding hydrogens is 1440 g/mol.